The molecule has 11 nitrogen and oxygen atoms in total. The summed E-state index contributed by atoms with van der Waals surface area (Å²) in [6.07, 6.45) is 4.63. The Bertz CT molecular complexity index is 804. The van der Waals surface area contributed by atoms with Crippen molar-refractivity contribution in [3.05, 3.63) is 18.2 Å². The van der Waals surface area contributed by atoms with Crippen LogP contribution in [0.4, 0.5) is 0 Å². The lowest BCUT2D eigenvalue weighted by atomic mass is 9.99. The fourth-order valence-electron chi connectivity index (χ4n) is 3.55. The number of nitrogens with one attached hydrogen (secondary N) is 3. The molecule has 0 spiro atoms. The lowest BCUT2D eigenvalue weighted by molar-refractivity contribution is -0.144. The van der Waals surface area contributed by atoms with Gasteiger partial charge in [-0.1, -0.05) is 20.3 Å². The predicted molar refractivity (Wildman–Crippen MR) is 120 cm³/mol. The van der Waals surface area contributed by atoms with E-state index >= 15 is 0 Å². The van der Waals surface area contributed by atoms with E-state index in [0.717, 1.165) is 0 Å². The molecule has 178 valence electrons. The maximum absolute atomic E-state index is 13.1. The van der Waals surface area contributed by atoms with Gasteiger partial charge in [-0.15, -0.1) is 0 Å². The Morgan fingerprint density at radius 3 is 2.62 bits per heavy atom. The van der Waals surface area contributed by atoms with Crippen LogP contribution in [-0.2, 0) is 25.6 Å². The van der Waals surface area contributed by atoms with Crippen LogP contribution in [0, 0.1) is 5.92 Å². The van der Waals surface area contributed by atoms with Gasteiger partial charge in [0.15, 0.2) is 0 Å². The Hall–Kier alpha value is -2.60. The van der Waals surface area contributed by atoms with Crippen molar-refractivity contribution in [3.63, 3.8) is 0 Å². The van der Waals surface area contributed by atoms with Gasteiger partial charge < -0.3 is 31.4 Å². The van der Waals surface area contributed by atoms with E-state index < -0.39 is 47.9 Å². The zero-order chi connectivity index (χ0) is 23.8. The van der Waals surface area contributed by atoms with Crippen LogP contribution < -0.4 is 16.4 Å². The van der Waals surface area contributed by atoms with Crippen molar-refractivity contribution in [1.29, 1.82) is 0 Å². The molecular weight excluding hydrogens is 436 g/mol. The van der Waals surface area contributed by atoms with Gasteiger partial charge in [0.2, 0.25) is 17.7 Å². The Morgan fingerprint density at radius 2 is 2.06 bits per heavy atom. The van der Waals surface area contributed by atoms with Crippen molar-refractivity contribution < 1.29 is 24.3 Å². The lowest BCUT2D eigenvalue weighted by Crippen LogP contribution is -2.58. The number of rotatable bonds is 11. The summed E-state index contributed by atoms with van der Waals surface area (Å²) in [7, 11) is 0. The van der Waals surface area contributed by atoms with Crippen molar-refractivity contribution in [2.75, 3.05) is 12.3 Å². The molecule has 0 aliphatic carbocycles. The average Bonchev–Trinajstić information content (AvgIpc) is 3.47. The number of aliphatic carboxylic acids is 1. The molecule has 1 aliphatic rings. The molecule has 6 N–H and O–H groups in total. The van der Waals surface area contributed by atoms with Gasteiger partial charge >= 0.3 is 5.97 Å². The van der Waals surface area contributed by atoms with Gasteiger partial charge in [0.25, 0.3) is 0 Å². The molecule has 1 aromatic rings. The standard InChI is InChI=1S/C20H32N6O5S/c1-3-11(2)16(21)18(28)25-14(9-32)19(29)26-6-4-5-15(26)17(27)24-13(20(30)31)7-12-8-22-10-23-12/h8,10-11,13-16,32H,3-7,9,21H2,1-2H3,(H,22,23)(H,24,27)(H,25,28)(H,30,31). The van der Waals surface area contributed by atoms with Crippen LogP contribution in [0.5, 0.6) is 0 Å². The monoisotopic (exact) mass is 468 g/mol. The number of nitrogens with zero attached hydrogens (tertiary/aromatic N) is 2. The third-order valence-corrected chi connectivity index (χ3v) is 6.15. The maximum Gasteiger partial charge on any atom is 0.326 e. The molecule has 32 heavy (non-hydrogen) atoms. The molecule has 0 aromatic carbocycles. The summed E-state index contributed by atoms with van der Waals surface area (Å²) in [5, 5.41) is 14.6. The van der Waals surface area contributed by atoms with Crippen molar-refractivity contribution in [3.8, 4) is 0 Å². The first-order chi connectivity index (χ1) is 15.2. The average molecular weight is 469 g/mol. The highest BCUT2D eigenvalue weighted by molar-refractivity contribution is 7.80. The lowest BCUT2D eigenvalue weighted by Gasteiger charge is -2.29. The summed E-state index contributed by atoms with van der Waals surface area (Å²) in [6, 6.07) is -3.69. The summed E-state index contributed by atoms with van der Waals surface area (Å²) < 4.78 is 0. The number of aromatic amines is 1. The minimum atomic E-state index is -1.19. The SMILES string of the molecule is CCC(C)C(N)C(=O)NC(CS)C(=O)N1CCCC1C(=O)NC(Cc1cnc[nH]1)C(=O)O. The minimum absolute atomic E-state index is 0.0323. The largest absolute Gasteiger partial charge is 0.480 e. The number of carbonyl (C=O) groups is 4. The molecule has 1 aliphatic heterocycles. The van der Waals surface area contributed by atoms with Crippen LogP contribution in [0.25, 0.3) is 0 Å². The highest BCUT2D eigenvalue weighted by Gasteiger charge is 2.39. The van der Waals surface area contributed by atoms with Gasteiger partial charge in [0, 0.05) is 30.6 Å². The summed E-state index contributed by atoms with van der Waals surface area (Å²) in [6.45, 7) is 4.10. The van der Waals surface area contributed by atoms with Gasteiger partial charge in [-0.3, -0.25) is 14.4 Å². The topological polar surface area (TPSA) is 171 Å². The number of thiol groups is 1. The summed E-state index contributed by atoms with van der Waals surface area (Å²) in [5.41, 5.74) is 6.52. The Kier molecular flexibility index (Phi) is 9.51. The molecule has 3 amide bonds. The number of amides is 3. The Balaban J connectivity index is 2.05. The predicted octanol–water partition coefficient (Wildman–Crippen LogP) is -0.699. The molecule has 1 fully saturated rings. The summed E-state index contributed by atoms with van der Waals surface area (Å²) in [5.74, 6) is -2.65. The van der Waals surface area contributed by atoms with E-state index in [9.17, 15) is 24.3 Å². The number of imidazole rings is 1. The molecule has 0 bridgehead atoms. The molecular formula is C20H32N6O5S. The summed E-state index contributed by atoms with van der Waals surface area (Å²) in [4.78, 5) is 58.0. The molecule has 2 rings (SSSR count). The number of H-pyrrole nitrogens is 1. The van der Waals surface area contributed by atoms with E-state index in [1.165, 1.54) is 17.4 Å². The first kappa shape index (κ1) is 25.7. The number of likely N-dealkylation sites (tertiary alicyclic amines) is 1. The molecule has 12 heteroatoms. The molecule has 2 heterocycles. The second-order valence-corrected chi connectivity index (χ2v) is 8.39. The summed E-state index contributed by atoms with van der Waals surface area (Å²) >= 11 is 4.19. The minimum Gasteiger partial charge on any atom is -0.480 e. The molecule has 5 unspecified atom stereocenters. The van der Waals surface area contributed by atoms with Crippen molar-refractivity contribution in [2.45, 2.75) is 63.7 Å². The van der Waals surface area contributed by atoms with Crippen LogP contribution in [0.3, 0.4) is 0 Å². The van der Waals surface area contributed by atoms with Crippen LogP contribution in [0.15, 0.2) is 12.5 Å². The Labute approximate surface area is 192 Å². The van der Waals surface area contributed by atoms with E-state index in [-0.39, 0.29) is 18.1 Å². The first-order valence-corrected chi connectivity index (χ1v) is 11.3. The number of hydrogen-bond acceptors (Lipinski definition) is 7. The van der Waals surface area contributed by atoms with Crippen LogP contribution in [0.1, 0.15) is 38.8 Å². The van der Waals surface area contributed by atoms with E-state index in [1.54, 1.807) is 0 Å². The van der Waals surface area contributed by atoms with E-state index in [4.69, 9.17) is 5.73 Å². The molecule has 1 aromatic heterocycles. The van der Waals surface area contributed by atoms with E-state index in [2.05, 4.69) is 33.2 Å². The van der Waals surface area contributed by atoms with Gasteiger partial charge in [0.1, 0.15) is 18.1 Å². The van der Waals surface area contributed by atoms with Crippen LogP contribution in [0.2, 0.25) is 0 Å². The van der Waals surface area contributed by atoms with Gasteiger partial charge in [-0.05, 0) is 18.8 Å². The maximum atomic E-state index is 13.1. The van der Waals surface area contributed by atoms with E-state index in [1.807, 2.05) is 13.8 Å². The number of aromatic nitrogens is 2. The molecule has 0 saturated carbocycles. The fourth-order valence-corrected chi connectivity index (χ4v) is 3.80. The van der Waals surface area contributed by atoms with Crippen molar-refractivity contribution in [1.82, 2.24) is 25.5 Å². The van der Waals surface area contributed by atoms with E-state index in [0.29, 0.717) is 31.5 Å². The number of hydrogen-bond donors (Lipinski definition) is 6. The number of carbonyl (C=O) groups excluding carboxylic acids is 3. The van der Waals surface area contributed by atoms with Gasteiger partial charge in [-0.25, -0.2) is 9.78 Å². The van der Waals surface area contributed by atoms with Crippen LogP contribution >= 0.6 is 12.6 Å². The fraction of sp³-hybridized carbons (Fsp3) is 0.650. The highest BCUT2D eigenvalue weighted by Crippen LogP contribution is 2.19. The first-order valence-electron chi connectivity index (χ1n) is 10.7. The van der Waals surface area contributed by atoms with Gasteiger partial charge in [0.05, 0.1) is 12.4 Å². The zero-order valence-electron chi connectivity index (χ0n) is 18.3. The smallest absolute Gasteiger partial charge is 0.326 e. The number of carboxylic acids is 1. The third-order valence-electron chi connectivity index (χ3n) is 5.79. The number of nitrogens with two attached hydrogens (primary N) is 1. The van der Waals surface area contributed by atoms with Gasteiger partial charge in [-0.2, -0.15) is 12.6 Å². The second-order valence-electron chi connectivity index (χ2n) is 8.03. The highest BCUT2D eigenvalue weighted by atomic mass is 32.1. The van der Waals surface area contributed by atoms with Crippen molar-refractivity contribution in [2.24, 2.45) is 11.7 Å². The zero-order valence-corrected chi connectivity index (χ0v) is 19.2. The molecule has 5 atom stereocenters. The van der Waals surface area contributed by atoms with Crippen LogP contribution in [-0.4, -0.2) is 80.1 Å². The number of carboxylic acid groups (broad SMARTS) is 1. The van der Waals surface area contributed by atoms with Crippen molar-refractivity contribution >= 4 is 36.3 Å². The Morgan fingerprint density at radius 1 is 1.34 bits per heavy atom. The normalized spacial score (nSPS) is 19.6. The quantitative estimate of drug-likeness (QED) is 0.233. The third kappa shape index (κ3) is 6.45. The molecule has 1 saturated heterocycles. The second kappa shape index (κ2) is 11.9. The molecule has 0 radical (unpaired) electrons.